The summed E-state index contributed by atoms with van der Waals surface area (Å²) in [6, 6.07) is 0. The zero-order chi connectivity index (χ0) is 12.0. The molecule has 0 fully saturated rings. The number of carbonyl (C=O) groups is 2. The lowest BCUT2D eigenvalue weighted by Crippen LogP contribution is -2.40. The number of aromatic nitrogens is 3. The van der Waals surface area contributed by atoms with Crippen molar-refractivity contribution in [2.45, 2.75) is 19.1 Å². The lowest BCUT2D eigenvalue weighted by Gasteiger charge is -2.08. The van der Waals surface area contributed by atoms with Crippen LogP contribution >= 0.6 is 0 Å². The van der Waals surface area contributed by atoms with Crippen molar-refractivity contribution in [1.29, 1.82) is 0 Å². The molecule has 0 saturated carbocycles. The zero-order valence-corrected chi connectivity index (χ0v) is 8.54. The van der Waals surface area contributed by atoms with E-state index >= 15 is 0 Å². The average molecular weight is 227 g/mol. The van der Waals surface area contributed by atoms with E-state index in [0.29, 0.717) is 6.54 Å². The number of aliphatic hydroxyl groups is 1. The Kier molecular flexibility index (Phi) is 4.40. The Morgan fingerprint density at radius 1 is 1.56 bits per heavy atom. The van der Waals surface area contributed by atoms with Crippen molar-refractivity contribution in [3.8, 4) is 0 Å². The molecule has 88 valence electrons. The summed E-state index contributed by atoms with van der Waals surface area (Å²) in [6.07, 6.45) is 1.70. The van der Waals surface area contributed by atoms with Crippen molar-refractivity contribution in [1.82, 2.24) is 20.1 Å². The van der Waals surface area contributed by atoms with E-state index < -0.39 is 12.0 Å². The number of aliphatic hydroxyl groups excluding tert-OH is 1. The first kappa shape index (κ1) is 12.1. The van der Waals surface area contributed by atoms with Gasteiger partial charge < -0.3 is 16.2 Å². The summed E-state index contributed by atoms with van der Waals surface area (Å²) in [5, 5.41) is 15.2. The number of nitrogens with zero attached hydrogens (tertiary/aromatic N) is 3. The monoisotopic (exact) mass is 227 g/mol. The Morgan fingerprint density at radius 3 is 2.88 bits per heavy atom. The van der Waals surface area contributed by atoms with Gasteiger partial charge in [0.1, 0.15) is 18.8 Å². The molecule has 8 heteroatoms. The number of nitrogens with one attached hydrogen (secondary N) is 1. The van der Waals surface area contributed by atoms with Crippen LogP contribution in [0.3, 0.4) is 0 Å². The maximum absolute atomic E-state index is 11.2. The van der Waals surface area contributed by atoms with Gasteiger partial charge >= 0.3 is 0 Å². The second-order valence-electron chi connectivity index (χ2n) is 3.13. The molecule has 0 aliphatic rings. The maximum Gasteiger partial charge on any atom is 0.248 e. The third kappa shape index (κ3) is 4.05. The molecule has 8 nitrogen and oxygen atoms in total. The first-order valence-corrected chi connectivity index (χ1v) is 4.66. The molecule has 1 rings (SSSR count). The minimum Gasteiger partial charge on any atom is -0.381 e. The largest absolute Gasteiger partial charge is 0.381 e. The molecule has 1 unspecified atom stereocenters. The molecule has 4 N–H and O–H groups in total. The Hall–Kier alpha value is -1.96. The number of nitrogens with two attached hydrogens (primary N) is 1. The Morgan fingerprint density at radius 2 is 2.31 bits per heavy atom. The number of rotatable bonds is 6. The Balaban J connectivity index is 2.19. The Bertz CT molecular complexity index is 351. The van der Waals surface area contributed by atoms with E-state index in [-0.39, 0.29) is 18.9 Å². The summed E-state index contributed by atoms with van der Waals surface area (Å²) in [6.45, 7) is 0.212. The van der Waals surface area contributed by atoms with E-state index in [1.54, 1.807) is 0 Å². The van der Waals surface area contributed by atoms with E-state index in [9.17, 15) is 9.59 Å². The predicted molar refractivity (Wildman–Crippen MR) is 52.8 cm³/mol. The highest BCUT2D eigenvalue weighted by Gasteiger charge is 2.11. The quantitative estimate of drug-likeness (QED) is 0.501. The van der Waals surface area contributed by atoms with Gasteiger partial charge in [-0.15, -0.1) is 0 Å². The topological polar surface area (TPSA) is 123 Å². The van der Waals surface area contributed by atoms with Crippen LogP contribution in [0.2, 0.25) is 0 Å². The summed E-state index contributed by atoms with van der Waals surface area (Å²) >= 11 is 0. The lowest BCUT2D eigenvalue weighted by atomic mass is 10.3. The third-order valence-corrected chi connectivity index (χ3v) is 1.86. The smallest absolute Gasteiger partial charge is 0.248 e. The van der Waals surface area contributed by atoms with Crippen molar-refractivity contribution in [2.24, 2.45) is 5.73 Å². The first-order chi connectivity index (χ1) is 7.59. The van der Waals surface area contributed by atoms with Crippen LogP contribution in [0.5, 0.6) is 0 Å². The molecule has 0 saturated heterocycles. The molecule has 0 radical (unpaired) electrons. The van der Waals surface area contributed by atoms with Crippen LogP contribution in [-0.4, -0.2) is 44.3 Å². The number of aryl methyl sites for hydroxylation is 1. The maximum atomic E-state index is 11.2. The van der Waals surface area contributed by atoms with E-state index in [2.05, 4.69) is 15.4 Å². The van der Waals surface area contributed by atoms with Crippen LogP contribution in [0.4, 0.5) is 0 Å². The normalized spacial score (nSPS) is 12.1. The summed E-state index contributed by atoms with van der Waals surface area (Å²) in [4.78, 5) is 25.4. The number of hydrogen-bond acceptors (Lipinski definition) is 5. The van der Waals surface area contributed by atoms with Crippen molar-refractivity contribution < 1.29 is 14.7 Å². The van der Waals surface area contributed by atoms with Crippen molar-refractivity contribution in [3.63, 3.8) is 0 Å². The minimum atomic E-state index is -1.35. The summed E-state index contributed by atoms with van der Waals surface area (Å²) < 4.78 is 1.50. The first-order valence-electron chi connectivity index (χ1n) is 4.66. The van der Waals surface area contributed by atoms with Gasteiger partial charge in [0.25, 0.3) is 0 Å². The number of amides is 2. The highest BCUT2D eigenvalue weighted by Crippen LogP contribution is 1.87. The van der Waals surface area contributed by atoms with Gasteiger partial charge in [0.15, 0.2) is 0 Å². The van der Waals surface area contributed by atoms with Crippen LogP contribution in [0.15, 0.2) is 12.7 Å². The van der Waals surface area contributed by atoms with Crippen LogP contribution < -0.4 is 11.1 Å². The molecule has 16 heavy (non-hydrogen) atoms. The molecule has 1 aromatic heterocycles. The molecule has 1 aromatic rings. The number of hydrogen-bond donors (Lipinski definition) is 3. The van der Waals surface area contributed by atoms with Gasteiger partial charge in [-0.1, -0.05) is 0 Å². The molecular weight excluding hydrogens is 214 g/mol. The highest BCUT2D eigenvalue weighted by molar-refractivity contribution is 5.80. The molecule has 2 amide bonds. The molecule has 0 aromatic carbocycles. The fourth-order valence-electron chi connectivity index (χ4n) is 0.964. The van der Waals surface area contributed by atoms with Gasteiger partial charge in [-0.05, 0) is 0 Å². The van der Waals surface area contributed by atoms with Gasteiger partial charge in [-0.2, -0.15) is 5.10 Å². The molecule has 1 heterocycles. The zero-order valence-electron chi connectivity index (χ0n) is 8.54. The van der Waals surface area contributed by atoms with Gasteiger partial charge in [0.05, 0.1) is 13.1 Å². The second kappa shape index (κ2) is 5.81. The fraction of sp³-hybridized carbons (Fsp3) is 0.500. The van der Waals surface area contributed by atoms with E-state index in [1.807, 2.05) is 0 Å². The summed E-state index contributed by atoms with van der Waals surface area (Å²) in [5.74, 6) is -1.16. The highest BCUT2D eigenvalue weighted by atomic mass is 16.3. The molecule has 0 spiro atoms. The average Bonchev–Trinajstić information content (AvgIpc) is 2.75. The van der Waals surface area contributed by atoms with Crippen LogP contribution in [0.1, 0.15) is 6.42 Å². The van der Waals surface area contributed by atoms with Crippen LogP contribution in [0, 0.1) is 0 Å². The van der Waals surface area contributed by atoms with Crippen LogP contribution in [-0.2, 0) is 16.1 Å². The summed E-state index contributed by atoms with van der Waals surface area (Å²) in [5.41, 5.74) is 4.81. The van der Waals surface area contributed by atoms with Gasteiger partial charge in [-0.25, -0.2) is 4.98 Å². The second-order valence-corrected chi connectivity index (χ2v) is 3.13. The third-order valence-electron chi connectivity index (χ3n) is 1.86. The summed E-state index contributed by atoms with van der Waals surface area (Å²) in [7, 11) is 0. The van der Waals surface area contributed by atoms with Crippen molar-refractivity contribution in [3.05, 3.63) is 12.7 Å². The van der Waals surface area contributed by atoms with Crippen molar-refractivity contribution >= 4 is 11.8 Å². The van der Waals surface area contributed by atoms with Gasteiger partial charge in [0, 0.05) is 6.42 Å². The van der Waals surface area contributed by atoms with E-state index in [0.717, 1.165) is 0 Å². The van der Waals surface area contributed by atoms with Gasteiger partial charge in [0.2, 0.25) is 11.8 Å². The molecule has 0 aliphatic carbocycles. The van der Waals surface area contributed by atoms with E-state index in [4.69, 9.17) is 10.8 Å². The SMILES string of the molecule is NC(=O)C(O)CNC(=O)CCn1cncn1. The molecular formula is C8H13N5O3. The minimum absolute atomic E-state index is 0.175. The van der Waals surface area contributed by atoms with Gasteiger partial charge in [-0.3, -0.25) is 14.3 Å². The molecule has 0 aliphatic heterocycles. The number of primary amides is 1. The fourth-order valence-corrected chi connectivity index (χ4v) is 0.964. The molecule has 0 bridgehead atoms. The number of carbonyl (C=O) groups excluding carboxylic acids is 2. The van der Waals surface area contributed by atoms with Crippen molar-refractivity contribution in [2.75, 3.05) is 6.54 Å². The predicted octanol–water partition coefficient (Wildman–Crippen LogP) is -2.37. The Labute approximate surface area is 91.5 Å². The lowest BCUT2D eigenvalue weighted by molar-refractivity contribution is -0.127. The standard InChI is InChI=1S/C8H13N5O3/c9-8(16)6(14)3-11-7(15)1-2-13-5-10-4-12-13/h4-6,14H,1-3H2,(H2,9,16)(H,11,15). The van der Waals surface area contributed by atoms with E-state index in [1.165, 1.54) is 17.3 Å². The molecule has 1 atom stereocenters. The van der Waals surface area contributed by atoms with Crippen LogP contribution in [0.25, 0.3) is 0 Å².